The van der Waals surface area contributed by atoms with Crippen molar-refractivity contribution in [3.63, 3.8) is 0 Å². The van der Waals surface area contributed by atoms with Gasteiger partial charge in [-0.25, -0.2) is 0 Å². The van der Waals surface area contributed by atoms with Gasteiger partial charge < -0.3 is 31.1 Å². The van der Waals surface area contributed by atoms with E-state index in [2.05, 4.69) is 10.6 Å². The number of phenolic OH excluding ortho intramolecular Hbond substituents is 3. The Balaban J connectivity index is 1.84. The summed E-state index contributed by atoms with van der Waals surface area (Å²) in [5.74, 6) is -1.50. The monoisotopic (exact) mass is 400 g/mol. The van der Waals surface area contributed by atoms with Crippen LogP contribution < -0.4 is 10.6 Å². The van der Waals surface area contributed by atoms with Crippen LogP contribution in [0, 0.1) is 6.92 Å². The van der Waals surface area contributed by atoms with Crippen LogP contribution in [0.2, 0.25) is 0 Å². The van der Waals surface area contributed by atoms with Gasteiger partial charge in [0.25, 0.3) is 0 Å². The van der Waals surface area contributed by atoms with E-state index in [1.807, 2.05) is 6.07 Å². The van der Waals surface area contributed by atoms with Gasteiger partial charge in [-0.2, -0.15) is 0 Å². The first-order chi connectivity index (χ1) is 13.8. The van der Waals surface area contributed by atoms with E-state index in [1.54, 1.807) is 19.1 Å². The Morgan fingerprint density at radius 2 is 1.76 bits per heavy atom. The highest BCUT2D eigenvalue weighted by molar-refractivity contribution is 5.95. The van der Waals surface area contributed by atoms with Crippen molar-refractivity contribution < 1.29 is 30.0 Å². The molecule has 0 radical (unpaired) electrons. The first-order valence-electron chi connectivity index (χ1n) is 8.97. The van der Waals surface area contributed by atoms with Gasteiger partial charge in [0.2, 0.25) is 11.8 Å². The third kappa shape index (κ3) is 6.54. The molecule has 0 aliphatic carbocycles. The van der Waals surface area contributed by atoms with E-state index < -0.39 is 24.5 Å². The third-order valence-electron chi connectivity index (χ3n) is 4.22. The van der Waals surface area contributed by atoms with Gasteiger partial charge >= 0.3 is 0 Å². The van der Waals surface area contributed by atoms with Gasteiger partial charge in [-0.3, -0.25) is 9.59 Å². The summed E-state index contributed by atoms with van der Waals surface area (Å²) >= 11 is 0. The molecule has 8 heteroatoms. The van der Waals surface area contributed by atoms with Gasteiger partial charge in [-0.05, 0) is 54.3 Å². The highest BCUT2D eigenvalue weighted by Crippen LogP contribution is 2.25. The fourth-order valence-corrected chi connectivity index (χ4v) is 2.56. The Labute approximate surface area is 168 Å². The Bertz CT molecular complexity index is 910. The molecule has 0 aliphatic rings. The molecule has 0 saturated carbocycles. The minimum absolute atomic E-state index is 0.205. The third-order valence-corrected chi connectivity index (χ3v) is 4.22. The van der Waals surface area contributed by atoms with E-state index in [4.69, 9.17) is 0 Å². The molecule has 0 aliphatic heterocycles. The number of carbonyl (C=O) groups is 2. The van der Waals surface area contributed by atoms with E-state index in [-0.39, 0.29) is 17.2 Å². The first kappa shape index (κ1) is 21.8. The van der Waals surface area contributed by atoms with Gasteiger partial charge in [-0.1, -0.05) is 18.2 Å². The van der Waals surface area contributed by atoms with E-state index in [1.165, 1.54) is 24.3 Å². The van der Waals surface area contributed by atoms with Crippen molar-refractivity contribution in [1.29, 1.82) is 0 Å². The number of aliphatic hydroxyl groups excluding tert-OH is 1. The largest absolute Gasteiger partial charge is 0.508 e. The van der Waals surface area contributed by atoms with Crippen molar-refractivity contribution >= 4 is 17.9 Å². The zero-order valence-electron chi connectivity index (χ0n) is 15.9. The molecule has 29 heavy (non-hydrogen) atoms. The molecule has 2 amide bonds. The van der Waals surface area contributed by atoms with Crippen LogP contribution in [0.4, 0.5) is 0 Å². The molecule has 0 bridgehead atoms. The Morgan fingerprint density at radius 3 is 2.41 bits per heavy atom. The van der Waals surface area contributed by atoms with Crippen LogP contribution in [0.15, 0.2) is 42.5 Å². The molecule has 0 aromatic heterocycles. The zero-order chi connectivity index (χ0) is 21.4. The lowest BCUT2D eigenvalue weighted by atomic mass is 10.1. The van der Waals surface area contributed by atoms with Gasteiger partial charge in [0.1, 0.15) is 11.8 Å². The predicted octanol–water partition coefficient (Wildman–Crippen LogP) is 0.961. The van der Waals surface area contributed by atoms with Crippen molar-refractivity contribution in [1.82, 2.24) is 10.6 Å². The topological polar surface area (TPSA) is 139 Å². The number of amides is 2. The summed E-state index contributed by atoms with van der Waals surface area (Å²) in [4.78, 5) is 24.1. The number of hydrogen-bond acceptors (Lipinski definition) is 6. The molecule has 6 N–H and O–H groups in total. The van der Waals surface area contributed by atoms with Crippen LogP contribution in [0.1, 0.15) is 16.7 Å². The summed E-state index contributed by atoms with van der Waals surface area (Å²) in [6.45, 7) is 1.52. The maximum Gasteiger partial charge on any atom is 0.244 e. The lowest BCUT2D eigenvalue weighted by molar-refractivity contribution is -0.128. The number of hydrogen-bond donors (Lipinski definition) is 6. The van der Waals surface area contributed by atoms with Crippen molar-refractivity contribution in [2.75, 3.05) is 13.2 Å². The number of aromatic hydroxyl groups is 3. The van der Waals surface area contributed by atoms with Crippen molar-refractivity contribution in [3.8, 4) is 17.2 Å². The highest BCUT2D eigenvalue weighted by atomic mass is 16.3. The molecule has 0 fully saturated rings. The van der Waals surface area contributed by atoms with Crippen LogP contribution in [-0.4, -0.2) is 51.4 Å². The normalized spacial score (nSPS) is 11.9. The summed E-state index contributed by atoms with van der Waals surface area (Å²) in [7, 11) is 0. The number of phenols is 3. The smallest absolute Gasteiger partial charge is 0.244 e. The van der Waals surface area contributed by atoms with Gasteiger partial charge in [-0.15, -0.1) is 0 Å². The molecule has 0 saturated heterocycles. The molecular weight excluding hydrogens is 376 g/mol. The summed E-state index contributed by atoms with van der Waals surface area (Å²) in [6.07, 6.45) is 3.08. The second-order valence-corrected chi connectivity index (χ2v) is 6.49. The Kier molecular flexibility index (Phi) is 7.62. The van der Waals surface area contributed by atoms with E-state index in [0.29, 0.717) is 18.5 Å². The fourth-order valence-electron chi connectivity index (χ4n) is 2.56. The second-order valence-electron chi connectivity index (χ2n) is 6.49. The van der Waals surface area contributed by atoms with E-state index in [9.17, 15) is 30.0 Å². The number of rotatable bonds is 8. The lowest BCUT2D eigenvalue weighted by Crippen LogP contribution is -2.48. The molecule has 8 nitrogen and oxygen atoms in total. The van der Waals surface area contributed by atoms with E-state index >= 15 is 0 Å². The van der Waals surface area contributed by atoms with Gasteiger partial charge in [0, 0.05) is 12.6 Å². The van der Waals surface area contributed by atoms with E-state index in [0.717, 1.165) is 17.2 Å². The summed E-state index contributed by atoms with van der Waals surface area (Å²) in [5, 5.41) is 42.7. The average Bonchev–Trinajstić information content (AvgIpc) is 2.69. The maximum atomic E-state index is 12.2. The van der Waals surface area contributed by atoms with Crippen LogP contribution in [0.3, 0.4) is 0 Å². The summed E-state index contributed by atoms with van der Waals surface area (Å²) in [5.41, 5.74) is 2.15. The molecule has 1 atom stereocenters. The lowest BCUT2D eigenvalue weighted by Gasteiger charge is -2.15. The number of benzene rings is 2. The average molecular weight is 400 g/mol. The van der Waals surface area contributed by atoms with Crippen molar-refractivity contribution in [3.05, 3.63) is 59.2 Å². The molecule has 0 spiro atoms. The SMILES string of the molecule is Cc1cc(CCNC(=O)[C@H](CO)NC(=O)/C=C/c2ccc(O)c(O)c2)ccc1O. The Morgan fingerprint density at radius 1 is 1.03 bits per heavy atom. The molecule has 2 rings (SSSR count). The van der Waals surface area contributed by atoms with Crippen LogP contribution in [0.5, 0.6) is 17.2 Å². The van der Waals surface area contributed by atoms with Crippen molar-refractivity contribution in [2.24, 2.45) is 0 Å². The quantitative estimate of drug-likeness (QED) is 0.288. The minimum atomic E-state index is -1.11. The summed E-state index contributed by atoms with van der Waals surface area (Å²) < 4.78 is 0. The molecular formula is C21H24N2O6. The van der Waals surface area contributed by atoms with Crippen LogP contribution in [-0.2, 0) is 16.0 Å². The molecule has 154 valence electrons. The Hall–Kier alpha value is -3.52. The number of nitrogens with one attached hydrogen (secondary N) is 2. The van der Waals surface area contributed by atoms with Crippen LogP contribution in [0.25, 0.3) is 6.08 Å². The standard InChI is InChI=1S/C21H24N2O6/c1-13-10-15(2-5-17(13)25)8-9-22-21(29)16(12-24)23-20(28)7-4-14-3-6-18(26)19(27)11-14/h2-7,10-11,16,24-27H,8-9,12H2,1H3,(H,22,29)(H,23,28)/b7-4+/t16-/m0/s1. The second kappa shape index (κ2) is 10.1. The van der Waals surface area contributed by atoms with Gasteiger partial charge in [0.05, 0.1) is 6.61 Å². The highest BCUT2D eigenvalue weighted by Gasteiger charge is 2.18. The minimum Gasteiger partial charge on any atom is -0.508 e. The zero-order valence-corrected chi connectivity index (χ0v) is 15.9. The van der Waals surface area contributed by atoms with Crippen molar-refractivity contribution in [2.45, 2.75) is 19.4 Å². The number of carbonyl (C=O) groups excluding carboxylic acids is 2. The molecule has 2 aromatic rings. The molecule has 0 heterocycles. The first-order valence-corrected chi connectivity index (χ1v) is 8.97. The van der Waals surface area contributed by atoms with Crippen LogP contribution >= 0.6 is 0 Å². The molecule has 0 unspecified atom stereocenters. The predicted molar refractivity (Wildman–Crippen MR) is 107 cm³/mol. The maximum absolute atomic E-state index is 12.2. The van der Waals surface area contributed by atoms with Gasteiger partial charge in [0.15, 0.2) is 11.5 Å². The molecule has 2 aromatic carbocycles. The number of aryl methyl sites for hydroxylation is 1. The summed E-state index contributed by atoms with van der Waals surface area (Å²) in [6, 6.07) is 8.11. The number of aliphatic hydroxyl groups is 1. The fraction of sp³-hybridized carbons (Fsp3) is 0.238.